The van der Waals surface area contributed by atoms with Gasteiger partial charge in [0.25, 0.3) is 0 Å². The summed E-state index contributed by atoms with van der Waals surface area (Å²) in [4.78, 5) is 39.7. The maximum atomic E-state index is 12.3. The minimum Gasteiger partial charge on any atom is -0.444 e. The zero-order valence-electron chi connectivity index (χ0n) is 16.6. The summed E-state index contributed by atoms with van der Waals surface area (Å²) in [7, 11) is 0. The Balaban J connectivity index is 1.68. The van der Waals surface area contributed by atoms with Crippen molar-refractivity contribution in [3.05, 3.63) is 11.6 Å². The van der Waals surface area contributed by atoms with Crippen molar-refractivity contribution >= 4 is 17.9 Å². The van der Waals surface area contributed by atoms with Crippen LogP contribution in [0.5, 0.6) is 0 Å². The van der Waals surface area contributed by atoms with E-state index in [9.17, 15) is 14.4 Å². The lowest BCUT2D eigenvalue weighted by Gasteiger charge is -2.34. The third kappa shape index (κ3) is 7.58. The fraction of sp³-hybridized carbons (Fsp3) is 0.737. The second kappa shape index (κ2) is 9.73. The summed E-state index contributed by atoms with van der Waals surface area (Å²) < 4.78 is 10.4. The van der Waals surface area contributed by atoms with Crippen LogP contribution in [0.1, 0.15) is 40.0 Å². The molecule has 0 spiro atoms. The smallest absolute Gasteiger partial charge is 0.407 e. The lowest BCUT2D eigenvalue weighted by atomic mass is 10.1. The lowest BCUT2D eigenvalue weighted by molar-refractivity contribution is -0.137. The van der Waals surface area contributed by atoms with Crippen LogP contribution in [0.15, 0.2) is 11.6 Å². The molecule has 27 heavy (non-hydrogen) atoms. The quantitative estimate of drug-likeness (QED) is 0.742. The van der Waals surface area contributed by atoms with Crippen LogP contribution in [-0.4, -0.2) is 79.2 Å². The monoisotopic (exact) mass is 381 g/mol. The highest BCUT2D eigenvalue weighted by atomic mass is 16.6. The Morgan fingerprint density at radius 2 is 1.67 bits per heavy atom. The van der Waals surface area contributed by atoms with Crippen molar-refractivity contribution in [2.75, 3.05) is 45.9 Å². The van der Waals surface area contributed by atoms with Gasteiger partial charge in [-0.2, -0.15) is 0 Å². The van der Waals surface area contributed by atoms with Gasteiger partial charge in [0.2, 0.25) is 11.8 Å². The van der Waals surface area contributed by atoms with E-state index in [-0.39, 0.29) is 24.8 Å². The average molecular weight is 381 g/mol. The molecule has 2 aliphatic heterocycles. The zero-order chi connectivity index (χ0) is 19.9. The molecular formula is C19H31N3O5. The third-order valence-corrected chi connectivity index (χ3v) is 4.41. The predicted molar refractivity (Wildman–Crippen MR) is 100 cm³/mol. The van der Waals surface area contributed by atoms with Crippen molar-refractivity contribution in [2.24, 2.45) is 0 Å². The minimum atomic E-state index is -0.559. The summed E-state index contributed by atoms with van der Waals surface area (Å²) in [5.41, 5.74) is 0.578. The van der Waals surface area contributed by atoms with Gasteiger partial charge in [-0.3, -0.25) is 9.59 Å². The summed E-state index contributed by atoms with van der Waals surface area (Å²) >= 11 is 0. The van der Waals surface area contributed by atoms with Crippen molar-refractivity contribution < 1.29 is 23.9 Å². The van der Waals surface area contributed by atoms with Crippen molar-refractivity contribution in [3.63, 3.8) is 0 Å². The van der Waals surface area contributed by atoms with E-state index in [1.54, 1.807) is 36.6 Å². The van der Waals surface area contributed by atoms with E-state index < -0.39 is 11.7 Å². The first-order chi connectivity index (χ1) is 12.7. The fourth-order valence-corrected chi connectivity index (χ4v) is 2.96. The molecular weight excluding hydrogens is 350 g/mol. The van der Waals surface area contributed by atoms with Crippen LogP contribution in [0.25, 0.3) is 0 Å². The summed E-state index contributed by atoms with van der Waals surface area (Å²) in [6.45, 7) is 9.06. The van der Waals surface area contributed by atoms with Crippen LogP contribution in [-0.2, 0) is 19.1 Å². The summed E-state index contributed by atoms with van der Waals surface area (Å²) in [5.74, 6) is -0.00784. The summed E-state index contributed by atoms with van der Waals surface area (Å²) in [6.07, 6.45) is 3.05. The molecule has 0 unspecified atom stereocenters. The Morgan fingerprint density at radius 1 is 1.07 bits per heavy atom. The molecule has 152 valence electrons. The molecule has 2 heterocycles. The first-order valence-corrected chi connectivity index (χ1v) is 9.55. The van der Waals surface area contributed by atoms with E-state index in [1.807, 2.05) is 0 Å². The molecule has 0 aliphatic carbocycles. The van der Waals surface area contributed by atoms with Crippen LogP contribution in [0.2, 0.25) is 0 Å². The van der Waals surface area contributed by atoms with Gasteiger partial charge < -0.3 is 24.6 Å². The van der Waals surface area contributed by atoms with Crippen LogP contribution in [0, 0.1) is 0 Å². The van der Waals surface area contributed by atoms with Gasteiger partial charge in [0, 0.05) is 45.2 Å². The van der Waals surface area contributed by atoms with E-state index in [2.05, 4.69) is 5.32 Å². The van der Waals surface area contributed by atoms with E-state index in [0.29, 0.717) is 39.4 Å². The Labute approximate surface area is 160 Å². The summed E-state index contributed by atoms with van der Waals surface area (Å²) in [6, 6.07) is 0. The average Bonchev–Trinajstić information content (AvgIpc) is 2.61. The second-order valence-electron chi connectivity index (χ2n) is 7.80. The molecule has 0 bridgehead atoms. The van der Waals surface area contributed by atoms with Gasteiger partial charge in [-0.1, -0.05) is 5.57 Å². The van der Waals surface area contributed by atoms with E-state index in [1.165, 1.54) is 0 Å². The molecule has 2 rings (SSSR count). The highest BCUT2D eigenvalue weighted by Gasteiger charge is 2.24. The minimum absolute atomic E-state index is 0.0191. The van der Waals surface area contributed by atoms with Gasteiger partial charge >= 0.3 is 6.09 Å². The number of hydrogen-bond donors (Lipinski definition) is 1. The van der Waals surface area contributed by atoms with Crippen LogP contribution < -0.4 is 5.32 Å². The number of alkyl carbamates (subject to hydrolysis) is 1. The maximum absolute atomic E-state index is 12.3. The standard InChI is InChI=1S/C19H31N3O5/c1-19(2,3)27-18(25)20-7-4-16(23)21-8-10-22(11-9-21)17(24)14-15-5-12-26-13-6-15/h14H,4-13H2,1-3H3,(H,20,25). The molecule has 2 aliphatic rings. The molecule has 1 N–H and O–H groups in total. The molecule has 0 aromatic rings. The van der Waals surface area contributed by atoms with E-state index >= 15 is 0 Å². The Morgan fingerprint density at radius 3 is 2.26 bits per heavy atom. The lowest BCUT2D eigenvalue weighted by Crippen LogP contribution is -2.50. The number of nitrogens with zero attached hydrogens (tertiary/aromatic N) is 2. The molecule has 2 saturated heterocycles. The number of carbonyl (C=O) groups excluding carboxylic acids is 3. The summed E-state index contributed by atoms with van der Waals surface area (Å²) in [5, 5.41) is 2.59. The third-order valence-electron chi connectivity index (χ3n) is 4.41. The number of ether oxygens (including phenoxy) is 2. The zero-order valence-corrected chi connectivity index (χ0v) is 16.6. The highest BCUT2D eigenvalue weighted by molar-refractivity contribution is 5.88. The van der Waals surface area contributed by atoms with Gasteiger partial charge in [-0.15, -0.1) is 0 Å². The van der Waals surface area contributed by atoms with Crippen LogP contribution >= 0.6 is 0 Å². The normalized spacial score (nSPS) is 18.1. The highest BCUT2D eigenvalue weighted by Crippen LogP contribution is 2.14. The first kappa shape index (κ1) is 21.2. The van der Waals surface area contributed by atoms with E-state index in [4.69, 9.17) is 9.47 Å². The Kier molecular flexibility index (Phi) is 7.65. The number of carbonyl (C=O) groups is 3. The van der Waals surface area contributed by atoms with Gasteiger partial charge in [0.1, 0.15) is 5.60 Å². The molecule has 8 nitrogen and oxygen atoms in total. The van der Waals surface area contributed by atoms with Crippen LogP contribution in [0.4, 0.5) is 4.79 Å². The van der Waals surface area contributed by atoms with Gasteiger partial charge in [-0.05, 0) is 33.6 Å². The molecule has 0 radical (unpaired) electrons. The van der Waals surface area contributed by atoms with Crippen molar-refractivity contribution in [3.8, 4) is 0 Å². The molecule has 0 saturated carbocycles. The number of nitrogens with one attached hydrogen (secondary N) is 1. The SMILES string of the molecule is CC(C)(C)OC(=O)NCCC(=O)N1CCN(C(=O)C=C2CCOCC2)CC1. The van der Waals surface area contributed by atoms with Gasteiger partial charge in [0.15, 0.2) is 0 Å². The second-order valence-corrected chi connectivity index (χ2v) is 7.80. The number of amides is 3. The van der Waals surface area contributed by atoms with Crippen LogP contribution in [0.3, 0.4) is 0 Å². The Hall–Kier alpha value is -2.09. The number of piperazine rings is 1. The molecule has 0 aromatic carbocycles. The number of hydrogen-bond acceptors (Lipinski definition) is 5. The maximum Gasteiger partial charge on any atom is 0.407 e. The van der Waals surface area contributed by atoms with Crippen molar-refractivity contribution in [1.29, 1.82) is 0 Å². The van der Waals surface area contributed by atoms with E-state index in [0.717, 1.165) is 18.4 Å². The van der Waals surface area contributed by atoms with Gasteiger partial charge in [0.05, 0.1) is 13.2 Å². The van der Waals surface area contributed by atoms with Gasteiger partial charge in [-0.25, -0.2) is 4.79 Å². The fourth-order valence-electron chi connectivity index (χ4n) is 2.96. The molecule has 0 aromatic heterocycles. The topological polar surface area (TPSA) is 88.2 Å². The Bertz CT molecular complexity index is 566. The molecule has 3 amide bonds. The van der Waals surface area contributed by atoms with Crippen molar-refractivity contribution in [2.45, 2.75) is 45.6 Å². The molecule has 8 heteroatoms. The van der Waals surface area contributed by atoms with Crippen molar-refractivity contribution in [1.82, 2.24) is 15.1 Å². The molecule has 0 atom stereocenters. The predicted octanol–water partition coefficient (Wildman–Crippen LogP) is 1.31. The first-order valence-electron chi connectivity index (χ1n) is 9.55. The largest absolute Gasteiger partial charge is 0.444 e. The molecule has 2 fully saturated rings. The number of rotatable bonds is 4.